The molecule has 0 amide bonds. The van der Waals surface area contributed by atoms with Crippen molar-refractivity contribution in [3.05, 3.63) is 23.8 Å². The Bertz CT molecular complexity index is 209. The molecule has 1 rings (SSSR count). The van der Waals surface area contributed by atoms with Crippen LogP contribution in [0.5, 0.6) is 0 Å². The SMILES string of the molecule is CCC.CCc1nccc(C)n1. The van der Waals surface area contributed by atoms with Gasteiger partial charge in [-0.3, -0.25) is 0 Å². The molecule has 0 unspecified atom stereocenters. The number of aryl methyl sites for hydroxylation is 2. The zero-order valence-corrected chi connectivity index (χ0v) is 8.46. The van der Waals surface area contributed by atoms with E-state index in [2.05, 4.69) is 30.7 Å². The molecule has 0 aromatic carbocycles. The quantitative estimate of drug-likeness (QED) is 0.641. The van der Waals surface area contributed by atoms with E-state index in [1.165, 1.54) is 6.42 Å². The molecule has 0 atom stereocenters. The maximum atomic E-state index is 4.18. The average Bonchev–Trinajstić information content (AvgIpc) is 2.06. The van der Waals surface area contributed by atoms with E-state index in [-0.39, 0.29) is 0 Å². The minimum atomic E-state index is 0.918. The number of rotatable bonds is 1. The minimum Gasteiger partial charge on any atom is -0.241 e. The lowest BCUT2D eigenvalue weighted by molar-refractivity contribution is 0.917. The number of hydrogen-bond donors (Lipinski definition) is 0. The molecular formula is C10H18N2. The summed E-state index contributed by atoms with van der Waals surface area (Å²) in [7, 11) is 0. The van der Waals surface area contributed by atoms with E-state index >= 15 is 0 Å². The Morgan fingerprint density at radius 3 is 2.17 bits per heavy atom. The fourth-order valence-electron chi connectivity index (χ4n) is 0.671. The van der Waals surface area contributed by atoms with Gasteiger partial charge in [0, 0.05) is 18.3 Å². The first-order valence-electron chi connectivity index (χ1n) is 4.53. The Morgan fingerprint density at radius 1 is 1.25 bits per heavy atom. The average molecular weight is 166 g/mol. The molecule has 2 heteroatoms. The van der Waals surface area contributed by atoms with Crippen LogP contribution in [-0.4, -0.2) is 9.97 Å². The Hall–Kier alpha value is -0.920. The summed E-state index contributed by atoms with van der Waals surface area (Å²) in [5.74, 6) is 0.926. The van der Waals surface area contributed by atoms with Gasteiger partial charge >= 0.3 is 0 Å². The van der Waals surface area contributed by atoms with Gasteiger partial charge in [0.1, 0.15) is 5.82 Å². The summed E-state index contributed by atoms with van der Waals surface area (Å²) in [6.07, 6.45) is 3.96. The van der Waals surface area contributed by atoms with Gasteiger partial charge in [0.05, 0.1) is 0 Å². The molecule has 12 heavy (non-hydrogen) atoms. The molecule has 0 bridgehead atoms. The monoisotopic (exact) mass is 166 g/mol. The Kier molecular flexibility index (Phi) is 6.25. The molecule has 1 aromatic heterocycles. The summed E-state index contributed by atoms with van der Waals surface area (Å²) in [6, 6.07) is 1.90. The van der Waals surface area contributed by atoms with Crippen LogP contribution in [-0.2, 0) is 6.42 Å². The summed E-state index contributed by atoms with van der Waals surface area (Å²) < 4.78 is 0. The standard InChI is InChI=1S/C7H10N2.C3H8/c1-3-7-8-5-4-6(2)9-7;1-3-2/h4-5H,3H2,1-2H3;3H2,1-2H3. The van der Waals surface area contributed by atoms with Crippen molar-refractivity contribution in [2.24, 2.45) is 0 Å². The summed E-state index contributed by atoms with van der Waals surface area (Å²) in [4.78, 5) is 8.23. The molecule has 0 aliphatic carbocycles. The van der Waals surface area contributed by atoms with E-state index in [0.717, 1.165) is 17.9 Å². The lowest BCUT2D eigenvalue weighted by Crippen LogP contribution is -1.92. The molecule has 2 nitrogen and oxygen atoms in total. The van der Waals surface area contributed by atoms with Crippen molar-refractivity contribution in [3.8, 4) is 0 Å². The van der Waals surface area contributed by atoms with Crippen LogP contribution in [0.15, 0.2) is 12.3 Å². The minimum absolute atomic E-state index is 0.918. The zero-order chi connectivity index (χ0) is 9.40. The van der Waals surface area contributed by atoms with Gasteiger partial charge in [-0.05, 0) is 13.0 Å². The Morgan fingerprint density at radius 2 is 1.83 bits per heavy atom. The number of hydrogen-bond acceptors (Lipinski definition) is 2. The zero-order valence-electron chi connectivity index (χ0n) is 8.46. The second kappa shape index (κ2) is 6.77. The molecule has 0 aliphatic rings. The predicted octanol–water partition coefficient (Wildman–Crippen LogP) is 2.76. The van der Waals surface area contributed by atoms with Gasteiger partial charge in [0.25, 0.3) is 0 Å². The first-order chi connectivity index (χ1) is 5.74. The maximum absolute atomic E-state index is 4.18. The highest BCUT2D eigenvalue weighted by atomic mass is 14.9. The van der Waals surface area contributed by atoms with Gasteiger partial charge in [0.15, 0.2) is 0 Å². The van der Waals surface area contributed by atoms with Crippen LogP contribution in [0.3, 0.4) is 0 Å². The van der Waals surface area contributed by atoms with Crippen molar-refractivity contribution in [1.82, 2.24) is 9.97 Å². The highest BCUT2D eigenvalue weighted by molar-refractivity contribution is 4.98. The molecule has 1 aromatic rings. The van der Waals surface area contributed by atoms with Crippen LogP contribution >= 0.6 is 0 Å². The third-order valence-corrected chi connectivity index (χ3v) is 1.16. The maximum Gasteiger partial charge on any atom is 0.128 e. The van der Waals surface area contributed by atoms with Gasteiger partial charge in [-0.2, -0.15) is 0 Å². The van der Waals surface area contributed by atoms with Gasteiger partial charge < -0.3 is 0 Å². The molecule has 0 fully saturated rings. The van der Waals surface area contributed by atoms with Gasteiger partial charge in [0.2, 0.25) is 0 Å². The fraction of sp³-hybridized carbons (Fsp3) is 0.600. The van der Waals surface area contributed by atoms with E-state index in [4.69, 9.17) is 0 Å². The summed E-state index contributed by atoms with van der Waals surface area (Å²) in [5.41, 5.74) is 1.04. The second-order valence-corrected chi connectivity index (χ2v) is 2.67. The van der Waals surface area contributed by atoms with Crippen LogP contribution < -0.4 is 0 Å². The summed E-state index contributed by atoms with van der Waals surface area (Å²) >= 11 is 0. The smallest absolute Gasteiger partial charge is 0.128 e. The molecule has 0 spiro atoms. The molecule has 0 saturated heterocycles. The highest BCUT2D eigenvalue weighted by Gasteiger charge is 1.89. The van der Waals surface area contributed by atoms with Gasteiger partial charge in [-0.1, -0.05) is 27.2 Å². The van der Waals surface area contributed by atoms with Crippen LogP contribution in [0, 0.1) is 6.92 Å². The first kappa shape index (κ1) is 11.1. The van der Waals surface area contributed by atoms with Crippen molar-refractivity contribution in [2.45, 2.75) is 40.5 Å². The third kappa shape index (κ3) is 4.83. The second-order valence-electron chi connectivity index (χ2n) is 2.67. The topological polar surface area (TPSA) is 25.8 Å². The van der Waals surface area contributed by atoms with Crippen LogP contribution in [0.25, 0.3) is 0 Å². The Balaban J connectivity index is 0.000000354. The highest BCUT2D eigenvalue weighted by Crippen LogP contribution is 1.92. The molecule has 0 aliphatic heterocycles. The van der Waals surface area contributed by atoms with Crippen molar-refractivity contribution in [2.75, 3.05) is 0 Å². The lowest BCUT2D eigenvalue weighted by atomic mass is 10.4. The largest absolute Gasteiger partial charge is 0.241 e. The van der Waals surface area contributed by atoms with Crippen molar-refractivity contribution in [1.29, 1.82) is 0 Å². The van der Waals surface area contributed by atoms with Crippen LogP contribution in [0.2, 0.25) is 0 Å². The molecule has 68 valence electrons. The van der Waals surface area contributed by atoms with Gasteiger partial charge in [-0.15, -0.1) is 0 Å². The Labute approximate surface area is 75.1 Å². The molecule has 1 heterocycles. The van der Waals surface area contributed by atoms with E-state index in [0.29, 0.717) is 0 Å². The summed E-state index contributed by atoms with van der Waals surface area (Å²) in [5, 5.41) is 0. The van der Waals surface area contributed by atoms with E-state index in [9.17, 15) is 0 Å². The molecule has 0 radical (unpaired) electrons. The summed E-state index contributed by atoms with van der Waals surface area (Å²) in [6.45, 7) is 8.27. The van der Waals surface area contributed by atoms with Crippen molar-refractivity contribution >= 4 is 0 Å². The van der Waals surface area contributed by atoms with Crippen LogP contribution in [0.1, 0.15) is 38.7 Å². The first-order valence-corrected chi connectivity index (χ1v) is 4.53. The fourth-order valence-corrected chi connectivity index (χ4v) is 0.671. The van der Waals surface area contributed by atoms with E-state index in [1.54, 1.807) is 6.20 Å². The van der Waals surface area contributed by atoms with E-state index < -0.39 is 0 Å². The van der Waals surface area contributed by atoms with Crippen molar-refractivity contribution < 1.29 is 0 Å². The lowest BCUT2D eigenvalue weighted by Gasteiger charge is -1.93. The van der Waals surface area contributed by atoms with Crippen LogP contribution in [0.4, 0.5) is 0 Å². The molecular weight excluding hydrogens is 148 g/mol. The van der Waals surface area contributed by atoms with Crippen molar-refractivity contribution in [3.63, 3.8) is 0 Å². The number of nitrogens with zero attached hydrogens (tertiary/aromatic N) is 2. The van der Waals surface area contributed by atoms with E-state index in [1.807, 2.05) is 13.0 Å². The molecule has 0 N–H and O–H groups in total. The number of aromatic nitrogens is 2. The third-order valence-electron chi connectivity index (χ3n) is 1.16. The molecule has 0 saturated carbocycles. The normalized spacial score (nSPS) is 8.67. The van der Waals surface area contributed by atoms with Gasteiger partial charge in [-0.25, -0.2) is 9.97 Å². The predicted molar refractivity (Wildman–Crippen MR) is 52.1 cm³/mol.